The maximum atomic E-state index is 9.77. The Labute approximate surface area is 270 Å². The summed E-state index contributed by atoms with van der Waals surface area (Å²) in [6.07, 6.45) is 0. The van der Waals surface area contributed by atoms with Crippen molar-refractivity contribution in [1.82, 2.24) is 0 Å². The summed E-state index contributed by atoms with van der Waals surface area (Å²) in [6.45, 7) is 5.89. The van der Waals surface area contributed by atoms with Gasteiger partial charge in [0.1, 0.15) is 11.6 Å². The third kappa shape index (κ3) is 1020. The van der Waals surface area contributed by atoms with Crippen LogP contribution in [0.25, 0.3) is 0 Å². The number of Topliss-reactive ketones (excluding diaryl/α,β-unsaturated/α-hetero) is 2. The van der Waals surface area contributed by atoms with Crippen molar-refractivity contribution in [2.45, 2.75) is 50.0 Å². The van der Waals surface area contributed by atoms with Crippen molar-refractivity contribution in [2.24, 2.45) is 0 Å². The van der Waals surface area contributed by atoms with E-state index >= 15 is 0 Å². The van der Waals surface area contributed by atoms with Gasteiger partial charge in [0, 0.05) is 60.4 Å². The fourth-order valence-electron chi connectivity index (χ4n) is 0. The number of ketones is 2. The number of halogens is 10. The summed E-state index contributed by atoms with van der Waals surface area (Å²) in [5, 5.41) is 0.118. The van der Waals surface area contributed by atoms with E-state index < -0.39 is 11.4 Å². The van der Waals surface area contributed by atoms with Crippen molar-refractivity contribution in [1.29, 1.82) is 0 Å². The lowest BCUT2D eigenvalue weighted by molar-refractivity contribution is -0.115. The topological polar surface area (TPSA) is 51.2 Å². The molecular formula is C14H35AlB3Br6Cl4O3. The van der Waals surface area contributed by atoms with E-state index in [0.717, 1.165) is 0 Å². The lowest BCUT2D eigenvalue weighted by Crippen LogP contribution is -1.85. The van der Waals surface area contributed by atoms with E-state index in [9.17, 15) is 14.4 Å². The lowest BCUT2D eigenvalue weighted by atomic mass is 10.5. The average molecular weight is 932 g/mol. The Morgan fingerprint density at radius 3 is 0.710 bits per heavy atom. The van der Waals surface area contributed by atoms with Gasteiger partial charge >= 0.3 is 11.4 Å². The predicted molar refractivity (Wildman–Crippen MR) is 181 cm³/mol. The number of hydrogen-bond donors (Lipinski definition) is 0. The first-order valence-corrected chi connectivity index (χ1v) is 20.6. The Morgan fingerprint density at radius 1 is 0.677 bits per heavy atom. The zero-order valence-electron chi connectivity index (χ0n) is 16.5. The predicted octanol–water partition coefficient (Wildman–Crippen LogP) is 9.52. The van der Waals surface area contributed by atoms with Gasteiger partial charge in [0.25, 0.3) is 0 Å². The number of hydrogen-bond acceptors (Lipinski definition) is 3. The van der Waals surface area contributed by atoms with Crippen LogP contribution in [0.1, 0.15) is 50.0 Å². The highest BCUT2D eigenvalue weighted by atomic mass is 80.9. The van der Waals surface area contributed by atoms with Crippen LogP contribution in [0.2, 0.25) is 0 Å². The van der Waals surface area contributed by atoms with Crippen molar-refractivity contribution in [3.05, 3.63) is 0 Å². The largest absolute Gasteiger partial charge is 0.643 e. The molecule has 0 aliphatic carbocycles. The van der Waals surface area contributed by atoms with E-state index in [1.165, 1.54) is 27.7 Å². The SMILES string of the molecule is BrBr.C.C.C.CBr.CBr.CBr.CC(=O)CBr.CC(=O)Cl.CC(C)=O.[B].[B].[B].[Cl][Al]([Cl])[Cl]. The molecule has 0 saturated carbocycles. The average Bonchev–Trinajstić information content (AvgIpc) is 2.53. The number of carbonyl (C=O) groups is 3. The van der Waals surface area contributed by atoms with E-state index in [1.807, 2.05) is 17.5 Å². The zero-order valence-corrected chi connectivity index (χ0v) is 30.2. The molecule has 0 aromatic heterocycles. The van der Waals surface area contributed by atoms with E-state index in [2.05, 4.69) is 104 Å². The Hall–Kier alpha value is 3.78. The normalized spacial score (nSPS) is 4.55. The smallest absolute Gasteiger partial charge is 0.300 e. The molecule has 0 amide bonds. The second-order valence-electron chi connectivity index (χ2n) is 2.46. The highest BCUT2D eigenvalue weighted by Crippen LogP contribution is 1.97. The van der Waals surface area contributed by atoms with Crippen molar-refractivity contribution in [3.8, 4) is 0 Å². The zero-order chi connectivity index (χ0) is 23.0. The van der Waals surface area contributed by atoms with E-state index in [1.54, 1.807) is 0 Å². The number of carbonyl (C=O) groups excluding carboxylic acids is 3. The van der Waals surface area contributed by atoms with Crippen LogP contribution in [0.15, 0.2) is 0 Å². The van der Waals surface area contributed by atoms with E-state index in [0.29, 0.717) is 5.33 Å². The fraction of sp³-hybridized carbons (Fsp3) is 0.786. The maximum absolute atomic E-state index is 9.77. The van der Waals surface area contributed by atoms with Gasteiger partial charge in [0.05, 0.1) is 5.33 Å². The molecule has 0 aromatic carbocycles. The molecule has 0 aromatic rings. The van der Waals surface area contributed by atoms with Crippen molar-refractivity contribution in [3.63, 3.8) is 0 Å². The number of rotatable bonds is 1. The molecule has 0 heterocycles. The third-order valence-corrected chi connectivity index (χ3v) is 0.978. The van der Waals surface area contributed by atoms with Crippen LogP contribution >= 0.6 is 134 Å². The van der Waals surface area contributed by atoms with Gasteiger partial charge < -0.3 is 4.79 Å². The Morgan fingerprint density at radius 2 is 0.710 bits per heavy atom. The highest BCUT2D eigenvalue weighted by molar-refractivity contribution is 9.93. The molecule has 0 aliphatic rings. The molecule has 0 atom stereocenters. The first-order valence-electron chi connectivity index (χ1n) is 5.35. The Kier molecular flexibility index (Phi) is 382. The molecule has 0 spiro atoms. The van der Waals surface area contributed by atoms with Crippen LogP contribution in [0.3, 0.4) is 0 Å². The summed E-state index contributed by atoms with van der Waals surface area (Å²) >= 11 is 20.2. The summed E-state index contributed by atoms with van der Waals surface area (Å²) < 4.78 is 0. The van der Waals surface area contributed by atoms with Crippen molar-refractivity contribution >= 4 is 187 Å². The van der Waals surface area contributed by atoms with Crippen LogP contribution in [-0.4, -0.2) is 76.3 Å². The Balaban J connectivity index is -0.00000000886. The van der Waals surface area contributed by atoms with Gasteiger partial charge in [-0.25, -0.2) is 30.1 Å². The summed E-state index contributed by atoms with van der Waals surface area (Å²) in [5.41, 5.74) is 0. The summed E-state index contributed by atoms with van der Waals surface area (Å²) in [4.78, 5) is 28.4. The highest BCUT2D eigenvalue weighted by Gasteiger charge is 2.00. The minimum Gasteiger partial charge on any atom is -0.300 e. The minimum atomic E-state index is -1.72. The standard InChI is InChI=1S/C3H5BrO.C3H6O.C2H3ClO.3CH3Br.3CH4.Al.3B.Br2.3ClH/c1-3(5)2-4;1-3(2)4;1-2(3)4;3*1-2;;;;;;;;1-2;;;/h2H2,1H3;1-2H3;1H3;3*1H3;3*1H4;;;;;;3*1H/q;;;;;;;;;+3;;;;;;;/p-3. The molecule has 0 aliphatic heterocycles. The monoisotopic (exact) mass is 925 g/mol. The molecule has 0 saturated heterocycles. The summed E-state index contributed by atoms with van der Waals surface area (Å²) in [6, 6.07) is 0. The van der Waals surface area contributed by atoms with Gasteiger partial charge in [-0.15, -0.1) is 0 Å². The van der Waals surface area contributed by atoms with Crippen LogP contribution in [0.4, 0.5) is 0 Å². The van der Waals surface area contributed by atoms with Gasteiger partial charge in [0.15, 0.2) is 0 Å². The molecular weight excluding hydrogens is 897 g/mol. The van der Waals surface area contributed by atoms with Crippen molar-refractivity contribution < 1.29 is 14.4 Å². The van der Waals surface area contributed by atoms with E-state index in [-0.39, 0.29) is 64.3 Å². The van der Waals surface area contributed by atoms with Gasteiger partial charge in [-0.3, -0.25) is 9.59 Å². The second kappa shape index (κ2) is 129. The van der Waals surface area contributed by atoms with Crippen LogP contribution in [0, 0.1) is 0 Å². The van der Waals surface area contributed by atoms with Gasteiger partial charge in [-0.1, -0.05) is 86.0 Å². The van der Waals surface area contributed by atoms with Crippen molar-refractivity contribution in [2.75, 3.05) is 22.8 Å². The molecule has 31 heavy (non-hydrogen) atoms. The van der Waals surface area contributed by atoms with Gasteiger partial charge in [-0.05, 0) is 49.9 Å². The minimum absolute atomic E-state index is 0. The quantitative estimate of drug-likeness (QED) is 0.150. The van der Waals surface area contributed by atoms with Crippen LogP contribution < -0.4 is 0 Å². The van der Waals surface area contributed by atoms with Gasteiger partial charge in [0.2, 0.25) is 5.24 Å². The Bertz CT molecular complexity index is 227. The molecule has 3 nitrogen and oxygen atoms in total. The molecule has 17 heteroatoms. The van der Waals surface area contributed by atoms with Crippen LogP contribution in [-0.2, 0) is 14.4 Å². The molecule has 191 valence electrons. The molecule has 9 radical (unpaired) electrons. The van der Waals surface area contributed by atoms with E-state index in [4.69, 9.17) is 30.1 Å². The third-order valence-electron chi connectivity index (χ3n) is 0.188. The lowest BCUT2D eigenvalue weighted by Gasteiger charge is -1.69. The first-order chi connectivity index (χ1) is 11.5. The van der Waals surface area contributed by atoms with Crippen LogP contribution in [0.5, 0.6) is 0 Å². The fourth-order valence-corrected chi connectivity index (χ4v) is 0. The molecule has 0 bridgehead atoms. The molecule has 0 rings (SSSR count). The first kappa shape index (κ1) is 91.9. The second-order valence-corrected chi connectivity index (χ2v) is 9.99. The summed E-state index contributed by atoms with van der Waals surface area (Å²) in [7, 11) is 14.8. The maximum Gasteiger partial charge on any atom is 0.643 e. The molecule has 0 N–H and O–H groups in total. The molecule has 0 unspecified atom stereocenters. The summed E-state index contributed by atoms with van der Waals surface area (Å²) in [5.74, 6) is 5.78. The number of alkyl halides is 4. The van der Waals surface area contributed by atoms with Gasteiger partial charge in [-0.2, -0.15) is 0 Å². The molecule has 0 fully saturated rings.